The summed E-state index contributed by atoms with van der Waals surface area (Å²) in [7, 11) is 0. The number of hydrogen-bond donors (Lipinski definition) is 2. The lowest BCUT2D eigenvalue weighted by Gasteiger charge is -2.15. The zero-order chi connectivity index (χ0) is 19.8. The van der Waals surface area contributed by atoms with Crippen molar-refractivity contribution in [1.29, 1.82) is 0 Å². The van der Waals surface area contributed by atoms with Crippen LogP contribution in [0.4, 0.5) is 0 Å². The van der Waals surface area contributed by atoms with Gasteiger partial charge in [-0.3, -0.25) is 0 Å². The molecule has 2 aromatic rings. The minimum atomic E-state index is -1.19. The molecule has 2 N–H and O–H groups in total. The number of carbonyl (C=O) groups is 2. The second-order valence-corrected chi connectivity index (χ2v) is 7.39. The van der Waals surface area contributed by atoms with E-state index in [0.717, 1.165) is 36.8 Å². The first-order valence-electron chi connectivity index (χ1n) is 9.55. The van der Waals surface area contributed by atoms with Gasteiger partial charge in [0.25, 0.3) is 0 Å². The summed E-state index contributed by atoms with van der Waals surface area (Å²) in [6.07, 6.45) is 5.31. The Bertz CT molecular complexity index is 778. The number of unbranched alkanes of at least 4 members (excludes halogenated alkanes) is 2. The van der Waals surface area contributed by atoms with Crippen LogP contribution < -0.4 is 0 Å². The van der Waals surface area contributed by atoms with Crippen molar-refractivity contribution in [2.24, 2.45) is 5.92 Å². The molecule has 2 rings (SSSR count). The van der Waals surface area contributed by atoms with Crippen molar-refractivity contribution in [3.8, 4) is 0 Å². The van der Waals surface area contributed by atoms with Crippen LogP contribution in [0.1, 0.15) is 76.9 Å². The molecule has 0 fully saturated rings. The van der Waals surface area contributed by atoms with Gasteiger partial charge in [-0.25, -0.2) is 9.59 Å². The molecule has 0 saturated heterocycles. The fourth-order valence-corrected chi connectivity index (χ4v) is 3.41. The monoisotopic (exact) mass is 368 g/mol. The van der Waals surface area contributed by atoms with Gasteiger partial charge in [0.15, 0.2) is 0 Å². The molecule has 4 nitrogen and oxygen atoms in total. The number of hydrogen-bond acceptors (Lipinski definition) is 2. The normalized spacial score (nSPS) is 10.9. The van der Waals surface area contributed by atoms with Gasteiger partial charge < -0.3 is 10.2 Å². The largest absolute Gasteiger partial charge is 0.478 e. The first kappa shape index (κ1) is 20.7. The fraction of sp³-hybridized carbons (Fsp3) is 0.391. The van der Waals surface area contributed by atoms with Gasteiger partial charge in [0.1, 0.15) is 0 Å². The molecule has 0 radical (unpaired) electrons. The minimum absolute atomic E-state index is 0.0557. The molecule has 0 amide bonds. The third kappa shape index (κ3) is 5.95. The van der Waals surface area contributed by atoms with Crippen LogP contribution in [0, 0.1) is 5.92 Å². The van der Waals surface area contributed by atoms with Crippen molar-refractivity contribution in [2.75, 3.05) is 0 Å². The van der Waals surface area contributed by atoms with Crippen molar-refractivity contribution in [1.82, 2.24) is 0 Å². The quantitative estimate of drug-likeness (QED) is 0.548. The van der Waals surface area contributed by atoms with E-state index in [1.807, 2.05) is 30.3 Å². The molecule has 144 valence electrons. The van der Waals surface area contributed by atoms with E-state index in [4.69, 9.17) is 0 Å². The highest BCUT2D eigenvalue weighted by Crippen LogP contribution is 2.25. The average Bonchev–Trinajstić information content (AvgIpc) is 2.62. The maximum Gasteiger partial charge on any atom is 0.336 e. The lowest BCUT2D eigenvalue weighted by atomic mass is 9.89. The maximum atomic E-state index is 11.9. The van der Waals surface area contributed by atoms with Crippen molar-refractivity contribution in [2.45, 2.75) is 52.4 Å². The summed E-state index contributed by atoms with van der Waals surface area (Å²) in [5, 5.41) is 19.1. The predicted molar refractivity (Wildman–Crippen MR) is 107 cm³/mol. The summed E-state index contributed by atoms with van der Waals surface area (Å²) in [6, 6.07) is 13.0. The number of carboxylic acids is 2. The fourth-order valence-electron chi connectivity index (χ4n) is 3.41. The second kappa shape index (κ2) is 9.91. The highest BCUT2D eigenvalue weighted by atomic mass is 16.4. The van der Waals surface area contributed by atoms with Crippen molar-refractivity contribution < 1.29 is 19.8 Å². The average molecular weight is 368 g/mol. The minimum Gasteiger partial charge on any atom is -0.478 e. The molecule has 0 bridgehead atoms. The second-order valence-electron chi connectivity index (χ2n) is 7.39. The number of benzene rings is 2. The molecule has 0 aromatic heterocycles. The first-order chi connectivity index (χ1) is 12.9. The van der Waals surface area contributed by atoms with Crippen LogP contribution in [0.3, 0.4) is 0 Å². The van der Waals surface area contributed by atoms with E-state index in [1.165, 1.54) is 6.07 Å². The summed E-state index contributed by atoms with van der Waals surface area (Å²) >= 11 is 0. The van der Waals surface area contributed by atoms with E-state index in [0.29, 0.717) is 24.3 Å². The van der Waals surface area contributed by atoms with E-state index < -0.39 is 11.9 Å². The van der Waals surface area contributed by atoms with Gasteiger partial charge in [0.2, 0.25) is 0 Å². The zero-order valence-corrected chi connectivity index (χ0v) is 16.1. The first-order valence-corrected chi connectivity index (χ1v) is 9.55. The smallest absolute Gasteiger partial charge is 0.336 e. The van der Waals surface area contributed by atoms with Crippen LogP contribution in [0.5, 0.6) is 0 Å². The molecule has 0 atom stereocenters. The van der Waals surface area contributed by atoms with Gasteiger partial charge >= 0.3 is 11.9 Å². The zero-order valence-electron chi connectivity index (χ0n) is 16.1. The summed E-state index contributed by atoms with van der Waals surface area (Å²) in [5.74, 6) is -1.71. The molecule has 0 heterocycles. The molecule has 0 aliphatic carbocycles. The molecule has 4 heteroatoms. The van der Waals surface area contributed by atoms with Crippen LogP contribution in [0.25, 0.3) is 0 Å². The van der Waals surface area contributed by atoms with E-state index >= 15 is 0 Å². The van der Waals surface area contributed by atoms with E-state index in [2.05, 4.69) is 13.8 Å². The highest BCUT2D eigenvalue weighted by Gasteiger charge is 2.22. The summed E-state index contributed by atoms with van der Waals surface area (Å²) in [6.45, 7) is 4.38. The Morgan fingerprint density at radius 1 is 0.889 bits per heavy atom. The van der Waals surface area contributed by atoms with Gasteiger partial charge in [-0.15, -0.1) is 0 Å². The van der Waals surface area contributed by atoms with E-state index in [-0.39, 0.29) is 11.1 Å². The van der Waals surface area contributed by atoms with Gasteiger partial charge in [0.05, 0.1) is 11.1 Å². The van der Waals surface area contributed by atoms with Crippen molar-refractivity contribution in [3.63, 3.8) is 0 Å². The van der Waals surface area contributed by atoms with Crippen LogP contribution in [-0.2, 0) is 12.8 Å². The molecule has 0 aliphatic rings. The molecule has 0 aliphatic heterocycles. The summed E-state index contributed by atoms with van der Waals surface area (Å²) < 4.78 is 0. The predicted octanol–water partition coefficient (Wildman–Crippen LogP) is 5.43. The van der Waals surface area contributed by atoms with Crippen molar-refractivity contribution >= 4 is 11.9 Å². The third-order valence-corrected chi connectivity index (χ3v) is 4.80. The lowest BCUT2D eigenvalue weighted by molar-refractivity contribution is 0.0650. The molecule has 27 heavy (non-hydrogen) atoms. The van der Waals surface area contributed by atoms with Gasteiger partial charge in [0, 0.05) is 0 Å². The van der Waals surface area contributed by atoms with Gasteiger partial charge in [-0.05, 0) is 47.9 Å². The van der Waals surface area contributed by atoms with Crippen LogP contribution >= 0.6 is 0 Å². The molecular weight excluding hydrogens is 340 g/mol. The van der Waals surface area contributed by atoms with Crippen LogP contribution in [-0.4, -0.2) is 22.2 Å². The topological polar surface area (TPSA) is 74.6 Å². The number of aromatic carboxylic acids is 2. The van der Waals surface area contributed by atoms with E-state index in [1.54, 1.807) is 6.07 Å². The number of carboxylic acid groups (broad SMARTS) is 2. The molecule has 0 spiro atoms. The highest BCUT2D eigenvalue weighted by molar-refractivity contribution is 6.03. The Hall–Kier alpha value is -2.62. The Kier molecular flexibility index (Phi) is 7.59. The molecule has 2 aromatic carbocycles. The molecular formula is C23H28O4. The Morgan fingerprint density at radius 3 is 2.19 bits per heavy atom. The van der Waals surface area contributed by atoms with Crippen molar-refractivity contribution in [3.05, 3.63) is 70.3 Å². The summed E-state index contributed by atoms with van der Waals surface area (Å²) in [5.41, 5.74) is 2.46. The SMILES string of the molecule is CC(C)CCCCCc1c(Cc2ccccc2)ccc(C(=O)O)c1C(=O)O. The third-order valence-electron chi connectivity index (χ3n) is 4.80. The van der Waals surface area contributed by atoms with Gasteiger partial charge in [-0.2, -0.15) is 0 Å². The van der Waals surface area contributed by atoms with Crippen LogP contribution in [0.15, 0.2) is 42.5 Å². The number of rotatable bonds is 10. The Labute approximate surface area is 160 Å². The van der Waals surface area contributed by atoms with Crippen LogP contribution in [0.2, 0.25) is 0 Å². The molecule has 0 unspecified atom stereocenters. The summed E-state index contributed by atoms with van der Waals surface area (Å²) in [4.78, 5) is 23.4. The van der Waals surface area contributed by atoms with E-state index in [9.17, 15) is 19.8 Å². The molecule has 0 saturated carbocycles. The lowest BCUT2D eigenvalue weighted by Crippen LogP contribution is -2.14. The Balaban J connectivity index is 2.32. The Morgan fingerprint density at radius 2 is 1.59 bits per heavy atom. The standard InChI is InChI=1S/C23H28O4/c1-16(2)9-5-3-8-12-19-18(15-17-10-6-4-7-11-17)13-14-20(22(24)25)21(19)23(26)27/h4,6-7,10-11,13-14,16H,3,5,8-9,12,15H2,1-2H3,(H,24,25)(H,26,27). The maximum absolute atomic E-state index is 11.9. The van der Waals surface area contributed by atoms with Gasteiger partial charge in [-0.1, -0.05) is 69.5 Å².